The Balaban J connectivity index is -0.0000000256. The molecule has 3 rings (SSSR count). The zero-order valence-electron chi connectivity index (χ0n) is 31.1. The largest absolute Gasteiger partial charge is 3.00 e. The van der Waals surface area contributed by atoms with E-state index in [9.17, 15) is 29.7 Å². The number of aldehydes is 3. The van der Waals surface area contributed by atoms with Crippen LogP contribution < -0.4 is 29.5 Å². The Morgan fingerprint density at radius 3 is 0.629 bits per heavy atom. The molecule has 0 aromatic heterocycles. The third-order valence-corrected chi connectivity index (χ3v) is 4.07. The molecule has 0 saturated carbocycles. The zero-order valence-corrected chi connectivity index (χ0v) is 37.9. The molecule has 0 aliphatic carbocycles. The molecule has 0 fully saturated rings. The van der Waals surface area contributed by atoms with Crippen LogP contribution in [0.1, 0.15) is 31.1 Å². The van der Waals surface area contributed by atoms with Crippen LogP contribution in [0.25, 0.3) is 0 Å². The van der Waals surface area contributed by atoms with E-state index in [0.717, 1.165) is 0 Å². The summed E-state index contributed by atoms with van der Waals surface area (Å²) in [5, 5.41) is 92.2. The number of para-hydroxylation sites is 3. The molecule has 3 aromatic carbocycles. The van der Waals surface area contributed by atoms with Crippen molar-refractivity contribution in [1.82, 2.24) is 0 Å². The van der Waals surface area contributed by atoms with Crippen molar-refractivity contribution in [2.75, 3.05) is 21.3 Å². The summed E-state index contributed by atoms with van der Waals surface area (Å²) in [6.07, 6.45) is 1.56. The van der Waals surface area contributed by atoms with E-state index < -0.39 is 20.3 Å². The van der Waals surface area contributed by atoms with Gasteiger partial charge in [0.15, 0.2) is 0 Å². The minimum absolute atomic E-state index is 0. The van der Waals surface area contributed by atoms with E-state index in [1.807, 2.05) is 0 Å². The van der Waals surface area contributed by atoms with Gasteiger partial charge >= 0.3 is 120 Å². The fourth-order valence-electron chi connectivity index (χ4n) is 2.36. The molecule has 365 valence electrons. The van der Waals surface area contributed by atoms with E-state index >= 15 is 0 Å². The van der Waals surface area contributed by atoms with Crippen LogP contribution in [0.5, 0.6) is 34.5 Å². The fourth-order valence-corrected chi connectivity index (χ4v) is 2.36. The quantitative estimate of drug-likeness (QED) is 0.0958. The number of methoxy groups -OCH3 is 3. The third-order valence-electron chi connectivity index (χ3n) is 4.07. The summed E-state index contributed by atoms with van der Waals surface area (Å²) in [6.45, 7) is 0. The van der Waals surface area contributed by atoms with Gasteiger partial charge in [0.05, 0.1) is 41.7 Å². The van der Waals surface area contributed by atoms with Gasteiger partial charge in [0.2, 0.25) is 0 Å². The molecule has 0 bridgehead atoms. The fraction of sp³-hybridized carbons (Fsp3) is 0.125. The monoisotopic (exact) mass is 1360 g/mol. The van der Waals surface area contributed by atoms with Gasteiger partial charge in [0.1, 0.15) is 36.1 Å². The second kappa shape index (κ2) is 71.4. The maximum absolute atomic E-state index is 11.1. The molecule has 0 atom stereocenters. The molecular formula is C24H43Gd3N4O31+4. The second-order valence-corrected chi connectivity index (χ2v) is 6.88. The number of benzene rings is 3. The number of carbonyl (C=O) groups excluding carboxylic acids is 3. The molecule has 0 aliphatic rings. The molecular weight excluding hydrogens is 1310 g/mol. The number of hydrogen-bond donors (Lipinski definition) is 0. The van der Waals surface area contributed by atoms with Crippen LogP contribution in [0.3, 0.4) is 0 Å². The van der Waals surface area contributed by atoms with Gasteiger partial charge in [0, 0.05) is 16.7 Å². The minimum atomic E-state index is -1.75. The molecule has 0 unspecified atom stereocenters. The molecule has 0 spiro atoms. The van der Waals surface area contributed by atoms with Crippen LogP contribution in [0, 0.1) is 181 Å². The summed E-state index contributed by atoms with van der Waals surface area (Å²) < 4.78 is 14.1. The van der Waals surface area contributed by atoms with Crippen LogP contribution >= 0.6 is 0 Å². The Hall–Kier alpha value is -4.16. The molecule has 3 radical (unpaired) electrons. The normalized spacial score (nSPS) is 6.44. The number of carbonyl (C=O) groups is 3. The molecule has 38 heteroatoms. The van der Waals surface area contributed by atoms with Gasteiger partial charge in [-0.3, -0.25) is 14.4 Å². The Labute approximate surface area is 441 Å². The van der Waals surface area contributed by atoms with E-state index in [2.05, 4.69) is 0 Å². The van der Waals surface area contributed by atoms with E-state index in [1.165, 1.54) is 57.7 Å². The first-order valence-corrected chi connectivity index (χ1v) is 11.4. The van der Waals surface area contributed by atoms with Crippen molar-refractivity contribution in [2.24, 2.45) is 0 Å². The van der Waals surface area contributed by atoms with Crippen molar-refractivity contribution < 1.29 is 239 Å². The standard InChI is InChI=1S/3C8H8O3.3Gd.4NO3.10H2O/c3*1-11-7-4-2-3-6(5-9)8(7)10;;;;4*2-1(3)4;;;;;;;;;;/h3*2-5,10H,1H3;;;;;;;;10*1H2/q;;;3*+3;4*-1;;;;;;;;;;/p-1. The molecule has 22 N–H and O–H groups in total. The first-order chi connectivity index (χ1) is 22.8. The topological polar surface area (TPSA) is 731 Å². The molecule has 0 heterocycles. The summed E-state index contributed by atoms with van der Waals surface area (Å²) in [6, 6.07) is 13.7. The molecule has 35 nitrogen and oxygen atoms in total. The summed E-state index contributed by atoms with van der Waals surface area (Å²) in [7, 11) is 4.18. The Morgan fingerprint density at radius 2 is 0.532 bits per heavy atom. The Kier molecular flexibility index (Phi) is 129. The van der Waals surface area contributed by atoms with Crippen molar-refractivity contribution in [2.45, 2.75) is 0 Å². The second-order valence-electron chi connectivity index (χ2n) is 6.88. The van der Waals surface area contributed by atoms with Crippen molar-refractivity contribution >= 4 is 18.9 Å². The van der Waals surface area contributed by atoms with E-state index in [0.29, 0.717) is 18.9 Å². The van der Waals surface area contributed by atoms with Gasteiger partial charge in [-0.15, -0.1) is 0 Å². The van der Waals surface area contributed by atoms with Crippen molar-refractivity contribution in [3.63, 3.8) is 0 Å². The summed E-state index contributed by atoms with van der Waals surface area (Å²) in [5.41, 5.74) is 0.387. The SMILES string of the molecule is COc1cccc(C=O)c1[O-].COc1cccc(C=O)c1[O-].COc1cccc(C=O)c1[O-].O.O.O.O.O=[N+]([O-])[O-].O=[N+]([O-])[O-].O=[N+]([O-])[O-].O=[N+]([O-])[O-].[Gd+3].[Gd+3].[Gd+3].[OH-].[OH-].[OH3+].[OH3+].[OH3+].[OH3+]. The summed E-state index contributed by atoms with van der Waals surface area (Å²) in [4.78, 5) is 63.7. The Morgan fingerprint density at radius 1 is 0.403 bits per heavy atom. The van der Waals surface area contributed by atoms with E-state index in [1.54, 1.807) is 18.2 Å². The molecule has 0 saturated heterocycles. The summed E-state index contributed by atoms with van der Waals surface area (Å²) >= 11 is 0. The minimum Gasteiger partial charge on any atom is -0.870 e. The first-order valence-electron chi connectivity index (χ1n) is 11.4. The number of rotatable bonds is 6. The van der Waals surface area contributed by atoms with Gasteiger partial charge in [-0.25, -0.2) is 0 Å². The average molecular weight is 1360 g/mol. The maximum Gasteiger partial charge on any atom is 3.00 e. The molecule has 0 aliphatic heterocycles. The zero-order chi connectivity index (χ0) is 39.1. The van der Waals surface area contributed by atoms with E-state index in [-0.39, 0.29) is 226 Å². The maximum atomic E-state index is 11.1. The van der Waals surface area contributed by atoms with Gasteiger partial charge in [-0.2, -0.15) is 0 Å². The van der Waals surface area contributed by atoms with Crippen LogP contribution in [0.15, 0.2) is 54.6 Å². The Bertz CT molecular complexity index is 1310. The average Bonchev–Trinajstić information content (AvgIpc) is 3.01. The summed E-state index contributed by atoms with van der Waals surface area (Å²) in [5.74, 6) is -0.459. The first kappa shape index (κ1) is 112. The van der Waals surface area contributed by atoms with Crippen LogP contribution in [0.2, 0.25) is 0 Å². The number of ether oxygens (including phenoxy) is 3. The van der Waals surface area contributed by atoms with Crippen molar-refractivity contribution in [1.29, 1.82) is 0 Å². The molecule has 0 amide bonds. The third kappa shape index (κ3) is 67.6. The van der Waals surface area contributed by atoms with Gasteiger partial charge in [-0.05, 0) is 18.2 Å². The predicted molar refractivity (Wildman–Crippen MR) is 193 cm³/mol. The van der Waals surface area contributed by atoms with Gasteiger partial charge in [0.25, 0.3) is 0 Å². The molecule has 3 aromatic rings. The van der Waals surface area contributed by atoms with Crippen molar-refractivity contribution in [3.05, 3.63) is 133 Å². The smallest absolute Gasteiger partial charge is 0.870 e. The number of hydrogen-bond acceptors (Lipinski definition) is 23. The predicted octanol–water partition coefficient (Wildman–Crippen LogP) is -6.55. The van der Waals surface area contributed by atoms with Gasteiger partial charge < -0.3 is 146 Å². The molecule has 62 heavy (non-hydrogen) atoms. The van der Waals surface area contributed by atoms with Crippen LogP contribution in [-0.2, 0) is 21.9 Å². The number of nitrogens with zero attached hydrogens (tertiary/aromatic N) is 4. The van der Waals surface area contributed by atoms with Crippen LogP contribution in [0.4, 0.5) is 0 Å². The van der Waals surface area contributed by atoms with Crippen LogP contribution in [-0.4, -0.2) is 93.4 Å². The van der Waals surface area contributed by atoms with Crippen molar-refractivity contribution in [3.8, 4) is 34.5 Å². The van der Waals surface area contributed by atoms with Gasteiger partial charge in [-0.1, -0.05) is 53.6 Å². The van der Waals surface area contributed by atoms with E-state index in [4.69, 9.17) is 75.5 Å².